The molecule has 0 radical (unpaired) electrons. The average Bonchev–Trinajstić information content (AvgIpc) is 2.76. The number of nitrogens with one attached hydrogen (secondary N) is 1. The Morgan fingerprint density at radius 1 is 1.16 bits per heavy atom. The Hall–Kier alpha value is -1.68. The first kappa shape index (κ1) is 22.5. The van der Waals surface area contributed by atoms with Crippen LogP contribution in [0.3, 0.4) is 0 Å². The van der Waals surface area contributed by atoms with E-state index in [0.717, 1.165) is 37.5 Å². The number of carbonyl (C=O) groups is 1. The Kier molecular flexibility index (Phi) is 6.86. The fourth-order valence-corrected chi connectivity index (χ4v) is 5.98. The van der Waals surface area contributed by atoms with E-state index in [1.165, 1.54) is 0 Å². The molecule has 3 atom stereocenters. The number of fused-ring (bicyclic) bond motifs is 5. The lowest BCUT2D eigenvalue weighted by atomic mass is 9.82. The summed E-state index contributed by atoms with van der Waals surface area (Å²) in [6.45, 7) is 0.289. The molecule has 2 fully saturated rings. The minimum absolute atomic E-state index is 0.0940. The number of aliphatic hydroxyl groups is 1. The predicted octanol–water partition coefficient (Wildman–Crippen LogP) is 1.39. The van der Waals surface area contributed by atoms with E-state index < -0.39 is 34.8 Å². The largest absolute Gasteiger partial charge is 0.478 e. The summed E-state index contributed by atoms with van der Waals surface area (Å²) in [7, 11) is -3.44. The molecule has 2 N–H and O–H groups in total. The molecule has 0 spiro atoms. The first-order valence-electron chi connectivity index (χ1n) is 11.1. The van der Waals surface area contributed by atoms with Gasteiger partial charge in [-0.2, -0.15) is 0 Å². The molecule has 5 rings (SSSR count). The van der Waals surface area contributed by atoms with Crippen LogP contribution < -0.4 is 9.46 Å². The van der Waals surface area contributed by atoms with Gasteiger partial charge in [-0.3, -0.25) is 4.79 Å². The number of hydrogen-bond acceptors (Lipinski definition) is 6. The molecule has 1 aliphatic carbocycles. The molecule has 3 aliphatic heterocycles. The van der Waals surface area contributed by atoms with Gasteiger partial charge in [0.15, 0.2) is 6.10 Å². The summed E-state index contributed by atoms with van der Waals surface area (Å²) in [6, 6.07) is 6.87. The number of benzene rings is 1. The third kappa shape index (κ3) is 5.22. The number of para-hydroxylation sites is 1. The number of carbonyl (C=O) groups excluding carboxylic acids is 1. The predicted molar refractivity (Wildman–Crippen MR) is 115 cm³/mol. The highest BCUT2D eigenvalue weighted by molar-refractivity contribution is 7.88. The summed E-state index contributed by atoms with van der Waals surface area (Å²) >= 11 is 0. The zero-order valence-corrected chi connectivity index (χ0v) is 18.7. The van der Waals surface area contributed by atoms with E-state index in [1.54, 1.807) is 4.90 Å². The lowest BCUT2D eigenvalue weighted by Gasteiger charge is -2.42. The number of ether oxygens (including phenoxy) is 2. The third-order valence-corrected chi connectivity index (χ3v) is 7.40. The monoisotopic (exact) mass is 452 g/mol. The Bertz CT molecular complexity index is 884. The molecule has 172 valence electrons. The van der Waals surface area contributed by atoms with Crippen LogP contribution in [0.1, 0.15) is 50.0 Å². The molecule has 1 amide bonds. The van der Waals surface area contributed by atoms with E-state index in [1.807, 2.05) is 24.3 Å². The Morgan fingerprint density at radius 3 is 2.61 bits per heavy atom. The summed E-state index contributed by atoms with van der Waals surface area (Å²) in [5, 5.41) is 10.0. The molecular formula is C22H32N2O6S. The second-order valence-corrected chi connectivity index (χ2v) is 10.7. The standard InChI is InChI=1S/C22H32N2O6S/c1-31(27,28)23-18-6-4-12-24-19(18)14-29-16-10-8-15(9-11-16)17-5-2-3-7-20(17)30-21(13-25)22(24)26/h2-3,5,7,15-16,18-19,21,23,25H,4,6,8-14H2,1H3/t15-,16+,18-,19-,21-/m0/s1. The van der Waals surface area contributed by atoms with E-state index in [9.17, 15) is 18.3 Å². The SMILES string of the molecule is CS(=O)(=O)N[C@H]1CCCN2C(=O)[C@H](CO)Oc3ccccc3[C@H]3CC[C@H](CC3)OC[C@@H]12. The van der Waals surface area contributed by atoms with Gasteiger partial charge in [0.05, 0.1) is 31.6 Å². The van der Waals surface area contributed by atoms with Crippen molar-refractivity contribution in [2.75, 3.05) is 26.0 Å². The quantitative estimate of drug-likeness (QED) is 0.718. The van der Waals surface area contributed by atoms with E-state index in [-0.39, 0.29) is 18.6 Å². The van der Waals surface area contributed by atoms with E-state index in [0.29, 0.717) is 31.1 Å². The van der Waals surface area contributed by atoms with E-state index >= 15 is 0 Å². The minimum Gasteiger partial charge on any atom is -0.478 e. The van der Waals surface area contributed by atoms with Crippen LogP contribution in [0.4, 0.5) is 0 Å². The van der Waals surface area contributed by atoms with Crippen LogP contribution in [0.5, 0.6) is 5.75 Å². The maximum atomic E-state index is 13.4. The molecular weight excluding hydrogens is 420 g/mol. The molecule has 4 aliphatic rings. The molecule has 1 aromatic carbocycles. The smallest absolute Gasteiger partial charge is 0.266 e. The van der Waals surface area contributed by atoms with Gasteiger partial charge in [0.2, 0.25) is 10.0 Å². The lowest BCUT2D eigenvalue weighted by Crippen LogP contribution is -2.61. The normalized spacial score (nSPS) is 32.1. The summed E-state index contributed by atoms with van der Waals surface area (Å²) in [5.74, 6) is 0.629. The van der Waals surface area contributed by atoms with Gasteiger partial charge in [-0.1, -0.05) is 18.2 Å². The minimum atomic E-state index is -3.44. The Balaban J connectivity index is 1.68. The second-order valence-electron chi connectivity index (χ2n) is 8.87. The van der Waals surface area contributed by atoms with Crippen LogP contribution in [0.25, 0.3) is 0 Å². The molecule has 2 bridgehead atoms. The fraction of sp³-hybridized carbons (Fsp3) is 0.682. The highest BCUT2D eigenvalue weighted by Crippen LogP contribution is 2.39. The van der Waals surface area contributed by atoms with Gasteiger partial charge >= 0.3 is 0 Å². The van der Waals surface area contributed by atoms with Crippen LogP contribution in [-0.4, -0.2) is 74.6 Å². The number of sulfonamides is 1. The van der Waals surface area contributed by atoms with E-state index in [4.69, 9.17) is 9.47 Å². The zero-order chi connectivity index (χ0) is 22.0. The number of hydrogen-bond donors (Lipinski definition) is 2. The van der Waals surface area contributed by atoms with Gasteiger partial charge in [-0.15, -0.1) is 0 Å². The highest BCUT2D eigenvalue weighted by Gasteiger charge is 2.40. The van der Waals surface area contributed by atoms with Gasteiger partial charge in [0.1, 0.15) is 5.75 Å². The number of rotatable bonds is 3. The molecule has 0 unspecified atom stereocenters. The van der Waals surface area contributed by atoms with Crippen molar-refractivity contribution in [1.82, 2.24) is 9.62 Å². The Labute approximate surface area is 184 Å². The van der Waals surface area contributed by atoms with Crippen molar-refractivity contribution in [2.45, 2.75) is 68.7 Å². The summed E-state index contributed by atoms with van der Waals surface area (Å²) in [6.07, 6.45) is 5.22. The number of amides is 1. The van der Waals surface area contributed by atoms with E-state index in [2.05, 4.69) is 4.72 Å². The summed E-state index contributed by atoms with van der Waals surface area (Å²) < 4.78 is 38.9. The zero-order valence-electron chi connectivity index (χ0n) is 17.9. The van der Waals surface area contributed by atoms with Crippen molar-refractivity contribution in [1.29, 1.82) is 0 Å². The van der Waals surface area contributed by atoms with Crippen LogP contribution in [0.2, 0.25) is 0 Å². The lowest BCUT2D eigenvalue weighted by molar-refractivity contribution is -0.147. The summed E-state index contributed by atoms with van der Waals surface area (Å²) in [5.41, 5.74) is 1.07. The Morgan fingerprint density at radius 2 is 1.90 bits per heavy atom. The van der Waals surface area contributed by atoms with Crippen molar-refractivity contribution < 1.29 is 27.8 Å². The molecule has 1 saturated heterocycles. The molecule has 8 nitrogen and oxygen atoms in total. The van der Waals surface area contributed by atoms with Gasteiger partial charge in [-0.25, -0.2) is 13.1 Å². The third-order valence-electron chi connectivity index (χ3n) is 6.67. The van der Waals surface area contributed by atoms with Crippen LogP contribution >= 0.6 is 0 Å². The van der Waals surface area contributed by atoms with Gasteiger partial charge in [0.25, 0.3) is 5.91 Å². The maximum Gasteiger partial charge on any atom is 0.266 e. The van der Waals surface area contributed by atoms with Gasteiger partial charge < -0.3 is 19.5 Å². The van der Waals surface area contributed by atoms with Crippen LogP contribution in [0.15, 0.2) is 24.3 Å². The second kappa shape index (κ2) is 9.44. The molecule has 1 aromatic rings. The fourth-order valence-electron chi connectivity index (χ4n) is 5.15. The van der Waals surface area contributed by atoms with Crippen molar-refractivity contribution in [2.24, 2.45) is 0 Å². The van der Waals surface area contributed by atoms with Gasteiger partial charge in [-0.05, 0) is 56.1 Å². The van der Waals surface area contributed by atoms with Crippen LogP contribution in [-0.2, 0) is 19.6 Å². The van der Waals surface area contributed by atoms with Gasteiger partial charge in [0, 0.05) is 12.6 Å². The number of nitrogens with zero attached hydrogens (tertiary/aromatic N) is 1. The summed E-state index contributed by atoms with van der Waals surface area (Å²) in [4.78, 5) is 15.1. The van der Waals surface area contributed by atoms with Crippen molar-refractivity contribution in [3.63, 3.8) is 0 Å². The molecule has 1 saturated carbocycles. The number of piperidine rings is 1. The highest BCUT2D eigenvalue weighted by atomic mass is 32.2. The van der Waals surface area contributed by atoms with Crippen molar-refractivity contribution in [3.8, 4) is 5.75 Å². The van der Waals surface area contributed by atoms with Crippen molar-refractivity contribution in [3.05, 3.63) is 29.8 Å². The first-order valence-corrected chi connectivity index (χ1v) is 13.0. The topological polar surface area (TPSA) is 105 Å². The first-order chi connectivity index (χ1) is 14.9. The number of aliphatic hydroxyl groups excluding tert-OH is 1. The average molecular weight is 453 g/mol. The molecule has 0 aromatic heterocycles. The maximum absolute atomic E-state index is 13.4. The van der Waals surface area contributed by atoms with Crippen LogP contribution in [0, 0.1) is 0 Å². The molecule has 9 heteroatoms. The molecule has 3 heterocycles. The van der Waals surface area contributed by atoms with Crippen molar-refractivity contribution >= 4 is 15.9 Å². The molecule has 31 heavy (non-hydrogen) atoms.